The summed E-state index contributed by atoms with van der Waals surface area (Å²) < 4.78 is 15.0. The normalized spacial score (nSPS) is 10.4. The van der Waals surface area contributed by atoms with E-state index in [1.165, 1.54) is 12.4 Å². The molecule has 0 unspecified atom stereocenters. The second kappa shape index (κ2) is 4.25. The Morgan fingerprint density at radius 3 is 2.64 bits per heavy atom. The maximum Gasteiger partial charge on any atom is 1.00 e. The number of hydrogen-bond acceptors (Lipinski definition) is 3. The van der Waals surface area contributed by atoms with E-state index >= 15 is 0 Å². The number of phosphoric acid groups is 1. The number of rotatable bonds is 2. The van der Waals surface area contributed by atoms with E-state index in [2.05, 4.69) is 9.61 Å². The zero-order valence-corrected chi connectivity index (χ0v) is 8.68. The zero-order valence-electron chi connectivity index (χ0n) is 6.78. The SMILES string of the molecule is O=P(O)(O)On1ccnc1.[H-].[Na+]. The van der Waals surface area contributed by atoms with Crippen LogP contribution in [0.25, 0.3) is 0 Å². The van der Waals surface area contributed by atoms with E-state index in [4.69, 9.17) is 9.79 Å². The molecule has 58 valence electrons. The first-order chi connectivity index (χ1) is 4.58. The molecule has 1 aromatic rings. The van der Waals surface area contributed by atoms with Gasteiger partial charge in [-0.3, -0.25) is 9.79 Å². The third kappa shape index (κ3) is 4.58. The summed E-state index contributed by atoms with van der Waals surface area (Å²) in [6, 6.07) is 0. The van der Waals surface area contributed by atoms with Crippen LogP contribution in [0.3, 0.4) is 0 Å². The van der Waals surface area contributed by atoms with Gasteiger partial charge in [-0.1, -0.05) is 0 Å². The van der Waals surface area contributed by atoms with Gasteiger partial charge in [0.2, 0.25) is 0 Å². The first-order valence-corrected chi connectivity index (χ1v) is 3.84. The average molecular weight is 188 g/mol. The predicted octanol–water partition coefficient (Wildman–Crippen LogP) is -3.48. The second-order valence-corrected chi connectivity index (χ2v) is 2.64. The van der Waals surface area contributed by atoms with E-state index in [1.807, 2.05) is 0 Å². The average Bonchev–Trinajstić information content (AvgIpc) is 2.12. The molecule has 0 atom stereocenters. The zero-order chi connectivity index (χ0) is 7.61. The molecule has 0 amide bonds. The quantitative estimate of drug-likeness (QED) is 0.372. The van der Waals surface area contributed by atoms with Crippen LogP contribution in [0, 0.1) is 0 Å². The Bertz CT molecular complexity index is 249. The molecule has 0 aliphatic carbocycles. The molecule has 0 bridgehead atoms. The van der Waals surface area contributed by atoms with Crippen LogP contribution in [0.4, 0.5) is 0 Å². The van der Waals surface area contributed by atoms with Gasteiger partial charge in [0, 0.05) is 6.20 Å². The Balaban J connectivity index is 0. The predicted molar refractivity (Wildman–Crippen MR) is 32.0 cm³/mol. The number of hydrogen-bond donors (Lipinski definition) is 2. The van der Waals surface area contributed by atoms with E-state index in [-0.39, 0.29) is 31.0 Å². The minimum atomic E-state index is -4.43. The van der Waals surface area contributed by atoms with E-state index < -0.39 is 7.82 Å². The van der Waals surface area contributed by atoms with Crippen molar-refractivity contribution < 1.29 is 50.0 Å². The molecular weight excluding hydrogens is 182 g/mol. The van der Waals surface area contributed by atoms with Crippen molar-refractivity contribution in [3.05, 3.63) is 18.7 Å². The van der Waals surface area contributed by atoms with Crippen molar-refractivity contribution >= 4 is 7.82 Å². The van der Waals surface area contributed by atoms with Crippen LogP contribution in [-0.2, 0) is 4.57 Å². The first-order valence-electron chi connectivity index (χ1n) is 2.31. The smallest absolute Gasteiger partial charge is 1.00 e. The molecule has 8 heteroatoms. The third-order valence-electron chi connectivity index (χ3n) is 0.681. The molecule has 1 rings (SSSR count). The van der Waals surface area contributed by atoms with Crippen LogP contribution in [0.1, 0.15) is 1.43 Å². The molecule has 6 nitrogen and oxygen atoms in total. The van der Waals surface area contributed by atoms with Gasteiger partial charge in [-0.25, -0.2) is 9.55 Å². The summed E-state index contributed by atoms with van der Waals surface area (Å²) in [5, 5.41) is 0. The molecule has 0 aliphatic rings. The van der Waals surface area contributed by atoms with Crippen LogP contribution in [-0.4, -0.2) is 19.5 Å². The molecule has 0 fully saturated rings. The minimum absolute atomic E-state index is 0. The van der Waals surface area contributed by atoms with Gasteiger partial charge in [-0.15, -0.1) is 0 Å². The van der Waals surface area contributed by atoms with E-state index in [0.717, 1.165) is 11.1 Å². The van der Waals surface area contributed by atoms with Gasteiger partial charge in [-0.05, 0) is 0 Å². The van der Waals surface area contributed by atoms with E-state index in [0.29, 0.717) is 0 Å². The fourth-order valence-electron chi connectivity index (χ4n) is 0.418. The minimum Gasteiger partial charge on any atom is -1.00 e. The van der Waals surface area contributed by atoms with Crippen LogP contribution in [0.2, 0.25) is 0 Å². The molecule has 1 heterocycles. The topological polar surface area (TPSA) is 84.6 Å². The van der Waals surface area contributed by atoms with Crippen molar-refractivity contribution in [3.63, 3.8) is 0 Å². The Labute approximate surface area is 86.2 Å². The van der Waals surface area contributed by atoms with Gasteiger partial charge in [0.25, 0.3) is 0 Å². The number of imidazole rings is 1. The summed E-state index contributed by atoms with van der Waals surface area (Å²) in [5.41, 5.74) is 0. The van der Waals surface area contributed by atoms with Crippen LogP contribution < -0.4 is 34.2 Å². The van der Waals surface area contributed by atoms with Gasteiger partial charge >= 0.3 is 37.4 Å². The molecule has 2 N–H and O–H groups in total. The van der Waals surface area contributed by atoms with Crippen molar-refractivity contribution in [2.45, 2.75) is 0 Å². The third-order valence-corrected chi connectivity index (χ3v) is 1.08. The molecule has 0 spiro atoms. The maximum atomic E-state index is 10.1. The van der Waals surface area contributed by atoms with Crippen molar-refractivity contribution in [1.29, 1.82) is 0 Å². The largest absolute Gasteiger partial charge is 1.00 e. The molecule has 0 saturated heterocycles. The van der Waals surface area contributed by atoms with Crippen LogP contribution >= 0.6 is 7.82 Å². The summed E-state index contributed by atoms with van der Waals surface area (Å²) >= 11 is 0. The number of nitrogens with zero attached hydrogens (tertiary/aromatic N) is 2. The Morgan fingerprint density at radius 1 is 1.64 bits per heavy atom. The fourth-order valence-corrected chi connectivity index (χ4v) is 0.760. The number of aromatic nitrogens is 2. The molecular formula is C3H6N2NaO4P. The molecule has 0 radical (unpaired) electrons. The molecule has 0 aliphatic heterocycles. The molecule has 1 aromatic heterocycles. The van der Waals surface area contributed by atoms with Crippen molar-refractivity contribution in [3.8, 4) is 0 Å². The summed E-state index contributed by atoms with van der Waals surface area (Å²) in [5.74, 6) is 0. The van der Waals surface area contributed by atoms with Gasteiger partial charge < -0.3 is 6.05 Å². The Morgan fingerprint density at radius 2 is 2.27 bits per heavy atom. The Hall–Kier alpha value is 0.160. The summed E-state index contributed by atoms with van der Waals surface area (Å²) in [7, 11) is -4.43. The van der Waals surface area contributed by atoms with Crippen molar-refractivity contribution in [2.75, 3.05) is 0 Å². The molecule has 11 heavy (non-hydrogen) atoms. The van der Waals surface area contributed by atoms with Crippen molar-refractivity contribution in [2.24, 2.45) is 0 Å². The first kappa shape index (κ1) is 11.2. The fraction of sp³-hybridized carbons (Fsp3) is 0. The maximum absolute atomic E-state index is 10.1. The second-order valence-electron chi connectivity index (χ2n) is 1.49. The summed E-state index contributed by atoms with van der Waals surface area (Å²) in [6.45, 7) is 0. The molecule has 0 saturated carbocycles. The van der Waals surface area contributed by atoms with E-state index in [1.54, 1.807) is 0 Å². The van der Waals surface area contributed by atoms with Gasteiger partial charge in [0.05, 0.1) is 6.20 Å². The van der Waals surface area contributed by atoms with Gasteiger partial charge in [-0.2, -0.15) is 4.73 Å². The van der Waals surface area contributed by atoms with Crippen LogP contribution in [0.5, 0.6) is 0 Å². The summed E-state index contributed by atoms with van der Waals surface area (Å²) in [6.07, 6.45) is 3.76. The van der Waals surface area contributed by atoms with Crippen LogP contribution in [0.15, 0.2) is 18.7 Å². The standard InChI is InChI=1S/C3H5N2O4P.Na.H/c6-10(7,8)9-5-2-1-4-3-5;;/h1-3H,(H2,6,7,8);;/q;+1;-1. The van der Waals surface area contributed by atoms with Crippen molar-refractivity contribution in [1.82, 2.24) is 9.71 Å². The van der Waals surface area contributed by atoms with Gasteiger partial charge in [0.1, 0.15) is 6.33 Å². The van der Waals surface area contributed by atoms with Gasteiger partial charge in [0.15, 0.2) is 0 Å². The monoisotopic (exact) mass is 188 g/mol. The van der Waals surface area contributed by atoms with E-state index in [9.17, 15) is 4.57 Å². The summed E-state index contributed by atoms with van der Waals surface area (Å²) in [4.78, 5) is 20.0. The Kier molecular flexibility index (Phi) is 4.31. The molecule has 0 aromatic carbocycles.